The Balaban J connectivity index is 1.28. The van der Waals surface area contributed by atoms with E-state index in [0.717, 1.165) is 11.6 Å². The third-order valence-electron chi connectivity index (χ3n) is 8.31. The zero-order valence-corrected chi connectivity index (χ0v) is 22.3. The van der Waals surface area contributed by atoms with Crippen molar-refractivity contribution < 1.29 is 31.1 Å². The minimum Gasteiger partial charge on any atom is -0.369 e. The van der Waals surface area contributed by atoms with Gasteiger partial charge in [0.15, 0.2) is 5.82 Å². The number of rotatable bonds is 6. The number of alkyl halides is 5. The van der Waals surface area contributed by atoms with E-state index in [4.69, 9.17) is 0 Å². The Morgan fingerprint density at radius 1 is 1.05 bits per heavy atom. The Morgan fingerprint density at radius 3 is 2.41 bits per heavy atom. The number of para-hydroxylation sites is 1. The zero-order chi connectivity index (χ0) is 29.1. The molecule has 0 N–H and O–H groups in total. The molecule has 0 unspecified atom stereocenters. The van der Waals surface area contributed by atoms with E-state index >= 15 is 0 Å². The lowest BCUT2D eigenvalue weighted by Gasteiger charge is -2.43. The van der Waals surface area contributed by atoms with Gasteiger partial charge in [0.1, 0.15) is 5.82 Å². The van der Waals surface area contributed by atoms with Crippen molar-refractivity contribution in [3.63, 3.8) is 0 Å². The zero-order valence-electron chi connectivity index (χ0n) is 22.3. The minimum absolute atomic E-state index is 0.0401. The Hall–Kier alpha value is -3.70. The van der Waals surface area contributed by atoms with Crippen LogP contribution in [0.5, 0.6) is 0 Å². The first-order valence-electron chi connectivity index (χ1n) is 13.6. The SMILES string of the molecule is Cc1cccc(F)c1N1CCC(N2Cc3cn(C[C@@H]4CC4(F)F)nc3N(Cc3ccccc3C(F)(F)F)C2=O)CC1. The van der Waals surface area contributed by atoms with Gasteiger partial charge in [0.25, 0.3) is 5.92 Å². The van der Waals surface area contributed by atoms with Crippen LogP contribution in [0.15, 0.2) is 48.7 Å². The number of halogens is 6. The van der Waals surface area contributed by atoms with Crippen molar-refractivity contribution in [3.8, 4) is 0 Å². The molecular weight excluding hydrogens is 548 g/mol. The van der Waals surface area contributed by atoms with Gasteiger partial charge < -0.3 is 9.80 Å². The number of carbonyl (C=O) groups excluding carboxylic acids is 1. The molecule has 1 saturated carbocycles. The van der Waals surface area contributed by atoms with Crippen molar-refractivity contribution in [1.82, 2.24) is 14.7 Å². The van der Waals surface area contributed by atoms with Crippen LogP contribution in [0.3, 0.4) is 0 Å². The number of nitrogens with zero attached hydrogens (tertiary/aromatic N) is 5. The number of carbonyl (C=O) groups is 1. The van der Waals surface area contributed by atoms with Crippen molar-refractivity contribution in [2.45, 2.75) is 64.0 Å². The third kappa shape index (κ3) is 5.24. The van der Waals surface area contributed by atoms with E-state index in [0.29, 0.717) is 37.2 Å². The molecule has 2 fully saturated rings. The average Bonchev–Trinajstić information content (AvgIpc) is 3.31. The van der Waals surface area contributed by atoms with E-state index in [1.54, 1.807) is 17.2 Å². The molecule has 41 heavy (non-hydrogen) atoms. The van der Waals surface area contributed by atoms with E-state index in [-0.39, 0.29) is 49.3 Å². The average molecular weight is 578 g/mol. The summed E-state index contributed by atoms with van der Waals surface area (Å²) in [5.41, 5.74) is 0.990. The molecule has 1 saturated heterocycles. The lowest BCUT2D eigenvalue weighted by atomic mass is 10.00. The summed E-state index contributed by atoms with van der Waals surface area (Å²) in [6.07, 6.45) is -2.18. The first-order valence-corrected chi connectivity index (χ1v) is 13.6. The summed E-state index contributed by atoms with van der Waals surface area (Å²) in [6.45, 7) is 2.58. The summed E-state index contributed by atoms with van der Waals surface area (Å²) in [7, 11) is 0. The molecule has 12 heteroatoms. The number of urea groups is 1. The van der Waals surface area contributed by atoms with Crippen LogP contribution >= 0.6 is 0 Å². The highest BCUT2D eigenvalue weighted by Crippen LogP contribution is 2.49. The third-order valence-corrected chi connectivity index (χ3v) is 8.31. The molecular formula is C29H29F6N5O. The van der Waals surface area contributed by atoms with Crippen molar-refractivity contribution in [3.05, 3.63) is 76.7 Å². The molecule has 1 aromatic heterocycles. The van der Waals surface area contributed by atoms with Crippen molar-refractivity contribution in [1.29, 1.82) is 0 Å². The molecule has 6 nitrogen and oxygen atoms in total. The molecule has 3 aliphatic rings. The number of piperidine rings is 1. The van der Waals surface area contributed by atoms with Gasteiger partial charge in [0.05, 0.1) is 24.3 Å². The van der Waals surface area contributed by atoms with Crippen LogP contribution in [0.25, 0.3) is 0 Å². The number of hydrogen-bond acceptors (Lipinski definition) is 3. The van der Waals surface area contributed by atoms with Crippen LogP contribution in [0.4, 0.5) is 42.6 Å². The van der Waals surface area contributed by atoms with Gasteiger partial charge in [-0.15, -0.1) is 0 Å². The van der Waals surface area contributed by atoms with Crippen molar-refractivity contribution in [2.75, 3.05) is 22.9 Å². The molecule has 0 radical (unpaired) electrons. The number of aryl methyl sites for hydroxylation is 1. The van der Waals surface area contributed by atoms with Crippen LogP contribution in [-0.4, -0.2) is 45.8 Å². The number of fused-ring (bicyclic) bond motifs is 1. The van der Waals surface area contributed by atoms with Crippen LogP contribution in [0, 0.1) is 18.7 Å². The molecule has 1 aliphatic carbocycles. The van der Waals surface area contributed by atoms with Gasteiger partial charge in [-0.25, -0.2) is 18.0 Å². The fourth-order valence-electron chi connectivity index (χ4n) is 6.03. The summed E-state index contributed by atoms with van der Waals surface area (Å²) in [5, 5.41) is 4.40. The van der Waals surface area contributed by atoms with Crippen molar-refractivity contribution >= 4 is 17.5 Å². The predicted octanol–water partition coefficient (Wildman–Crippen LogP) is 6.62. The summed E-state index contributed by atoms with van der Waals surface area (Å²) in [6, 6.07) is 9.24. The highest BCUT2D eigenvalue weighted by Gasteiger charge is 2.57. The molecule has 3 heterocycles. The highest BCUT2D eigenvalue weighted by molar-refractivity contribution is 5.94. The lowest BCUT2D eigenvalue weighted by molar-refractivity contribution is -0.138. The lowest BCUT2D eigenvalue weighted by Crippen LogP contribution is -2.54. The fourth-order valence-corrected chi connectivity index (χ4v) is 6.03. The van der Waals surface area contributed by atoms with Crippen LogP contribution < -0.4 is 9.80 Å². The quantitative estimate of drug-likeness (QED) is 0.310. The van der Waals surface area contributed by atoms with Gasteiger partial charge in [0, 0.05) is 49.8 Å². The Morgan fingerprint density at radius 2 is 1.76 bits per heavy atom. The summed E-state index contributed by atoms with van der Waals surface area (Å²) < 4.78 is 84.5. The van der Waals surface area contributed by atoms with Gasteiger partial charge in [-0.2, -0.15) is 18.3 Å². The first-order chi connectivity index (χ1) is 19.4. The molecule has 0 spiro atoms. The molecule has 0 bridgehead atoms. The summed E-state index contributed by atoms with van der Waals surface area (Å²) >= 11 is 0. The van der Waals surface area contributed by atoms with E-state index < -0.39 is 29.6 Å². The smallest absolute Gasteiger partial charge is 0.369 e. The second kappa shape index (κ2) is 9.99. The highest BCUT2D eigenvalue weighted by atomic mass is 19.4. The van der Waals surface area contributed by atoms with Gasteiger partial charge in [-0.1, -0.05) is 30.3 Å². The maximum Gasteiger partial charge on any atom is 0.416 e. The number of hydrogen-bond donors (Lipinski definition) is 0. The van der Waals surface area contributed by atoms with Crippen molar-refractivity contribution in [2.24, 2.45) is 5.92 Å². The minimum atomic E-state index is -4.62. The van der Waals surface area contributed by atoms with Crippen LogP contribution in [0.2, 0.25) is 0 Å². The van der Waals surface area contributed by atoms with Gasteiger partial charge >= 0.3 is 12.2 Å². The fraction of sp³-hybridized carbons (Fsp3) is 0.448. The summed E-state index contributed by atoms with van der Waals surface area (Å²) in [4.78, 5) is 18.7. The van der Waals surface area contributed by atoms with Crippen LogP contribution in [0.1, 0.15) is 41.5 Å². The predicted molar refractivity (Wildman–Crippen MR) is 140 cm³/mol. The number of aromatic nitrogens is 2. The Kier molecular flexibility index (Phi) is 6.69. The molecule has 3 aromatic rings. The Bertz CT molecular complexity index is 1440. The Labute approximate surface area is 233 Å². The monoisotopic (exact) mass is 577 g/mol. The molecule has 6 rings (SSSR count). The van der Waals surface area contributed by atoms with E-state index in [1.807, 2.05) is 17.9 Å². The van der Waals surface area contributed by atoms with E-state index in [1.165, 1.54) is 33.8 Å². The van der Waals surface area contributed by atoms with Gasteiger partial charge in [0.2, 0.25) is 0 Å². The van der Waals surface area contributed by atoms with Crippen LogP contribution in [-0.2, 0) is 25.8 Å². The number of benzene rings is 2. The molecule has 218 valence electrons. The molecule has 2 aliphatic heterocycles. The largest absolute Gasteiger partial charge is 0.416 e. The maximum absolute atomic E-state index is 14.6. The first kappa shape index (κ1) is 27.5. The molecule has 2 amide bonds. The normalized spacial score (nSPS) is 20.9. The molecule has 2 aromatic carbocycles. The van der Waals surface area contributed by atoms with Gasteiger partial charge in [-0.3, -0.25) is 9.58 Å². The van der Waals surface area contributed by atoms with Gasteiger partial charge in [-0.05, 0) is 43.0 Å². The van der Waals surface area contributed by atoms with E-state index in [9.17, 15) is 31.1 Å². The molecule has 1 atom stereocenters. The standard InChI is InChI=1S/C29H29F6N5O/c1-18-5-4-8-24(30)25(18)37-11-9-22(10-12-37)39-16-20-14-38(17-21-13-28(21,31)32)36-26(20)40(27(39)41)15-19-6-2-3-7-23(19)29(33,34)35/h2-8,14,21-22H,9-13,15-17H2,1H3/t21-/m0/s1. The maximum atomic E-state index is 14.6. The second-order valence-electron chi connectivity index (χ2n) is 11.1. The second-order valence-corrected chi connectivity index (χ2v) is 11.1. The number of anilines is 2. The number of amides is 2. The topological polar surface area (TPSA) is 44.6 Å². The van der Waals surface area contributed by atoms with E-state index in [2.05, 4.69) is 5.10 Å². The summed E-state index contributed by atoms with van der Waals surface area (Å²) in [5.74, 6) is -3.75.